The third kappa shape index (κ3) is 5.34. The lowest BCUT2D eigenvalue weighted by atomic mass is 9.81. The van der Waals surface area contributed by atoms with Crippen LogP contribution in [0.1, 0.15) is 55.3 Å². The molecule has 1 aliphatic heterocycles. The minimum Gasteiger partial charge on any atom is -0.494 e. The molecule has 0 aliphatic carbocycles. The summed E-state index contributed by atoms with van der Waals surface area (Å²) in [5.41, 5.74) is 8.96. The number of nitrogens with one attached hydrogen (secondary N) is 1. The zero-order valence-electron chi connectivity index (χ0n) is 20.6. The zero-order valence-corrected chi connectivity index (χ0v) is 20.6. The van der Waals surface area contributed by atoms with E-state index in [1.165, 1.54) is 0 Å². The van der Waals surface area contributed by atoms with Gasteiger partial charge in [0, 0.05) is 29.8 Å². The summed E-state index contributed by atoms with van der Waals surface area (Å²) in [6.45, 7) is 7.42. The van der Waals surface area contributed by atoms with Gasteiger partial charge in [0.1, 0.15) is 11.6 Å². The highest BCUT2D eigenvalue weighted by Crippen LogP contribution is 2.49. The van der Waals surface area contributed by atoms with Crippen LogP contribution in [0.5, 0.6) is 5.75 Å². The first-order chi connectivity index (χ1) is 16.1. The summed E-state index contributed by atoms with van der Waals surface area (Å²) in [5, 5.41) is 14.3. The maximum absolute atomic E-state index is 10.7. The Balaban J connectivity index is 1.60. The fourth-order valence-electron chi connectivity index (χ4n) is 4.68. The molecular weight excluding hydrogens is 430 g/mol. The summed E-state index contributed by atoms with van der Waals surface area (Å²) in [6.07, 6.45) is 4.96. The van der Waals surface area contributed by atoms with Crippen LogP contribution in [0.3, 0.4) is 0 Å². The van der Waals surface area contributed by atoms with E-state index >= 15 is 0 Å². The molecular formula is C26H35N5O3. The summed E-state index contributed by atoms with van der Waals surface area (Å²) in [7, 11) is 4.12. The number of hydrogen-bond acceptors (Lipinski definition) is 8. The molecule has 2 atom stereocenters. The lowest BCUT2D eigenvalue weighted by Crippen LogP contribution is -2.25. The lowest BCUT2D eigenvalue weighted by molar-refractivity contribution is 0.0615. The van der Waals surface area contributed by atoms with E-state index in [1.807, 2.05) is 26.0 Å². The normalized spacial score (nSPS) is 17.6. The van der Waals surface area contributed by atoms with Gasteiger partial charge in [-0.05, 0) is 71.0 Å². The van der Waals surface area contributed by atoms with Gasteiger partial charge in [0.25, 0.3) is 6.01 Å². The van der Waals surface area contributed by atoms with Crippen LogP contribution in [-0.4, -0.2) is 52.8 Å². The van der Waals surface area contributed by atoms with Gasteiger partial charge < -0.3 is 30.2 Å². The first kappa shape index (κ1) is 24.0. The van der Waals surface area contributed by atoms with E-state index in [1.54, 1.807) is 12.4 Å². The van der Waals surface area contributed by atoms with E-state index < -0.39 is 5.60 Å². The fraction of sp³-hybridized carbons (Fsp3) is 0.462. The van der Waals surface area contributed by atoms with Crippen molar-refractivity contribution in [2.24, 2.45) is 0 Å². The van der Waals surface area contributed by atoms with Gasteiger partial charge in [-0.2, -0.15) is 0 Å². The van der Waals surface area contributed by atoms with E-state index in [0.29, 0.717) is 18.8 Å². The standard InChI is InChI=1S/C26H35N5O3/c1-16-20(21-15-29-25(27)34-21)14-28-24-22(16)19(13-26(2,3)32)23(30-24)17-7-9-18(10-8-17)33-12-6-11-31(4)5/h7-10,14-15,19,23,32H,6,11-13H2,1-5H3,(H2,27,29)(H,28,30). The summed E-state index contributed by atoms with van der Waals surface area (Å²) < 4.78 is 11.5. The second kappa shape index (κ2) is 9.64. The van der Waals surface area contributed by atoms with Crippen molar-refractivity contribution in [1.29, 1.82) is 0 Å². The Bertz CT molecular complexity index is 1120. The molecule has 0 radical (unpaired) electrons. The number of fused-ring (bicyclic) bond motifs is 1. The van der Waals surface area contributed by atoms with Crippen molar-refractivity contribution < 1.29 is 14.3 Å². The van der Waals surface area contributed by atoms with Crippen LogP contribution in [0.25, 0.3) is 11.3 Å². The number of hydrogen-bond donors (Lipinski definition) is 3. The van der Waals surface area contributed by atoms with E-state index in [4.69, 9.17) is 19.9 Å². The number of nitrogens with two attached hydrogens (primary N) is 1. The number of aromatic nitrogens is 2. The molecule has 4 N–H and O–H groups in total. The van der Waals surface area contributed by atoms with Crippen molar-refractivity contribution >= 4 is 11.8 Å². The van der Waals surface area contributed by atoms with Gasteiger partial charge in [-0.25, -0.2) is 9.97 Å². The smallest absolute Gasteiger partial charge is 0.292 e. The molecule has 0 saturated carbocycles. The highest BCUT2D eigenvalue weighted by molar-refractivity contribution is 5.70. The zero-order chi connectivity index (χ0) is 24.5. The number of benzene rings is 1. The van der Waals surface area contributed by atoms with Crippen LogP contribution in [0.2, 0.25) is 0 Å². The van der Waals surface area contributed by atoms with Gasteiger partial charge >= 0.3 is 0 Å². The molecule has 34 heavy (non-hydrogen) atoms. The second-order valence-corrected chi connectivity index (χ2v) is 9.94. The molecule has 0 amide bonds. The van der Waals surface area contributed by atoms with Crippen LogP contribution >= 0.6 is 0 Å². The minimum atomic E-state index is -0.846. The minimum absolute atomic E-state index is 0.0227. The lowest BCUT2D eigenvalue weighted by Gasteiger charge is -2.28. The molecule has 0 fully saturated rings. The van der Waals surface area contributed by atoms with Gasteiger partial charge in [-0.15, -0.1) is 0 Å². The second-order valence-electron chi connectivity index (χ2n) is 9.94. The number of ether oxygens (including phenoxy) is 1. The Hall–Kier alpha value is -3.10. The third-order valence-electron chi connectivity index (χ3n) is 6.22. The topological polar surface area (TPSA) is 110 Å². The van der Waals surface area contributed by atoms with Gasteiger partial charge in [0.15, 0.2) is 5.76 Å². The third-order valence-corrected chi connectivity index (χ3v) is 6.22. The van der Waals surface area contributed by atoms with Crippen LogP contribution in [0.4, 0.5) is 11.8 Å². The van der Waals surface area contributed by atoms with E-state index in [2.05, 4.69) is 48.4 Å². The molecule has 2 unspecified atom stereocenters. The maximum Gasteiger partial charge on any atom is 0.292 e. The molecule has 3 heterocycles. The van der Waals surface area contributed by atoms with Crippen LogP contribution in [0, 0.1) is 6.92 Å². The number of aliphatic hydroxyl groups is 1. The molecule has 2 aromatic heterocycles. The highest BCUT2D eigenvalue weighted by Gasteiger charge is 2.39. The molecule has 1 aromatic carbocycles. The molecule has 8 heteroatoms. The monoisotopic (exact) mass is 465 g/mol. The van der Waals surface area contributed by atoms with E-state index in [9.17, 15) is 5.11 Å². The summed E-state index contributed by atoms with van der Waals surface area (Å²) in [5.74, 6) is 2.30. The van der Waals surface area contributed by atoms with Gasteiger partial charge in [-0.3, -0.25) is 0 Å². The van der Waals surface area contributed by atoms with Crippen LogP contribution in [0.15, 0.2) is 41.1 Å². The average molecular weight is 466 g/mol. The van der Waals surface area contributed by atoms with Crippen molar-refractivity contribution in [3.05, 3.63) is 53.3 Å². The molecule has 4 rings (SSSR count). The van der Waals surface area contributed by atoms with E-state index in [0.717, 1.165) is 46.8 Å². The number of anilines is 2. The predicted octanol–water partition coefficient (Wildman–Crippen LogP) is 4.37. The molecule has 182 valence electrons. The molecule has 0 spiro atoms. The Morgan fingerprint density at radius 3 is 2.53 bits per heavy atom. The Labute approximate surface area is 201 Å². The Kier molecular flexibility index (Phi) is 6.81. The largest absolute Gasteiger partial charge is 0.494 e. The van der Waals surface area contributed by atoms with E-state index in [-0.39, 0.29) is 18.0 Å². The van der Waals surface area contributed by atoms with Gasteiger partial charge in [-0.1, -0.05) is 12.1 Å². The van der Waals surface area contributed by atoms with Crippen molar-refractivity contribution in [3.63, 3.8) is 0 Å². The first-order valence-electron chi connectivity index (χ1n) is 11.7. The van der Waals surface area contributed by atoms with Crippen LogP contribution < -0.4 is 15.8 Å². The van der Waals surface area contributed by atoms with Crippen molar-refractivity contribution in [2.45, 2.75) is 51.2 Å². The molecule has 8 nitrogen and oxygen atoms in total. The first-order valence-corrected chi connectivity index (χ1v) is 11.7. The molecule has 3 aromatic rings. The Morgan fingerprint density at radius 2 is 1.91 bits per heavy atom. The summed E-state index contributed by atoms with van der Waals surface area (Å²) in [4.78, 5) is 10.9. The SMILES string of the molecule is Cc1c(-c2cnc(N)o2)cnc2c1C(CC(C)(C)O)C(c1ccc(OCCCN(C)C)cc1)N2. The number of nitrogen functional groups attached to an aromatic ring is 1. The van der Waals surface area contributed by atoms with Crippen molar-refractivity contribution in [3.8, 4) is 17.1 Å². The Morgan fingerprint density at radius 1 is 1.18 bits per heavy atom. The number of pyridine rings is 1. The van der Waals surface area contributed by atoms with Gasteiger partial charge in [0.05, 0.1) is 24.4 Å². The number of oxazole rings is 1. The van der Waals surface area contributed by atoms with Crippen molar-refractivity contribution in [1.82, 2.24) is 14.9 Å². The summed E-state index contributed by atoms with van der Waals surface area (Å²) in [6, 6.07) is 8.32. The predicted molar refractivity (Wildman–Crippen MR) is 134 cm³/mol. The number of rotatable bonds is 9. The van der Waals surface area contributed by atoms with Crippen LogP contribution in [-0.2, 0) is 0 Å². The van der Waals surface area contributed by atoms with Gasteiger partial charge in [0.2, 0.25) is 0 Å². The molecule has 0 bridgehead atoms. The number of nitrogens with zero attached hydrogens (tertiary/aromatic N) is 3. The molecule has 1 aliphatic rings. The molecule has 0 saturated heterocycles. The quantitative estimate of drug-likeness (QED) is 0.400. The maximum atomic E-state index is 10.7. The summed E-state index contributed by atoms with van der Waals surface area (Å²) >= 11 is 0. The highest BCUT2D eigenvalue weighted by atomic mass is 16.5. The fourth-order valence-corrected chi connectivity index (χ4v) is 4.68. The van der Waals surface area contributed by atoms with Crippen molar-refractivity contribution in [2.75, 3.05) is 38.3 Å². The average Bonchev–Trinajstić information content (AvgIpc) is 3.35.